The fourth-order valence-electron chi connectivity index (χ4n) is 3.10. The highest BCUT2D eigenvalue weighted by molar-refractivity contribution is 5.99. The van der Waals surface area contributed by atoms with E-state index in [9.17, 15) is 4.79 Å². The van der Waals surface area contributed by atoms with Crippen LogP contribution < -0.4 is 5.73 Å². The second kappa shape index (κ2) is 5.51. The normalized spacial score (nSPS) is 11.4. The molecule has 0 aliphatic carbocycles. The molecule has 4 aromatic heterocycles. The van der Waals surface area contributed by atoms with Gasteiger partial charge in [-0.15, -0.1) is 0 Å². The molecular weight excluding hydrogens is 332 g/mol. The van der Waals surface area contributed by atoms with Crippen molar-refractivity contribution in [3.63, 3.8) is 0 Å². The molecule has 9 heteroatoms. The standard InChI is InChI=1S/C17H18N8O/c1-9-5-14(25(4)22-9)12-8-23(2)17(21-12)15-10-7-19-24(3)13(10)6-11(20-15)16(18)26/h5-8H,1-4H3,(H2,18,26). The van der Waals surface area contributed by atoms with E-state index in [-0.39, 0.29) is 5.69 Å². The fourth-order valence-corrected chi connectivity index (χ4v) is 3.10. The van der Waals surface area contributed by atoms with Crippen molar-refractivity contribution in [1.82, 2.24) is 34.1 Å². The second-order valence-electron chi connectivity index (χ2n) is 6.28. The summed E-state index contributed by atoms with van der Waals surface area (Å²) in [5.74, 6) is 0.0333. The molecule has 0 saturated heterocycles. The minimum absolute atomic E-state index is 0.178. The van der Waals surface area contributed by atoms with Gasteiger partial charge in [0.25, 0.3) is 5.91 Å². The summed E-state index contributed by atoms with van der Waals surface area (Å²) in [6.45, 7) is 1.93. The predicted octanol–water partition coefficient (Wildman–Crippen LogP) is 1.18. The van der Waals surface area contributed by atoms with Gasteiger partial charge in [0.1, 0.15) is 17.1 Å². The molecule has 0 aliphatic rings. The van der Waals surface area contributed by atoms with Crippen molar-refractivity contribution in [1.29, 1.82) is 0 Å². The van der Waals surface area contributed by atoms with E-state index in [4.69, 9.17) is 10.7 Å². The van der Waals surface area contributed by atoms with E-state index in [1.807, 2.05) is 37.8 Å². The molecule has 4 rings (SSSR count). The van der Waals surface area contributed by atoms with Crippen LogP contribution in [0.15, 0.2) is 24.5 Å². The van der Waals surface area contributed by atoms with Gasteiger partial charge >= 0.3 is 0 Å². The Hall–Kier alpha value is -3.49. The number of pyridine rings is 1. The minimum Gasteiger partial charge on any atom is -0.364 e. The molecule has 0 unspecified atom stereocenters. The van der Waals surface area contributed by atoms with E-state index in [2.05, 4.69) is 15.2 Å². The Labute approximate surface area is 149 Å². The third-order valence-corrected chi connectivity index (χ3v) is 4.35. The lowest BCUT2D eigenvalue weighted by Gasteiger charge is -2.05. The van der Waals surface area contributed by atoms with Crippen LogP contribution >= 0.6 is 0 Å². The summed E-state index contributed by atoms with van der Waals surface area (Å²) in [6, 6.07) is 3.61. The van der Waals surface area contributed by atoms with E-state index in [1.54, 1.807) is 28.7 Å². The van der Waals surface area contributed by atoms with E-state index in [1.165, 1.54) is 0 Å². The molecule has 4 heterocycles. The van der Waals surface area contributed by atoms with Crippen molar-refractivity contribution < 1.29 is 4.79 Å². The molecular formula is C17H18N8O. The number of nitrogens with zero attached hydrogens (tertiary/aromatic N) is 7. The number of carbonyl (C=O) groups excluding carboxylic acids is 1. The maximum absolute atomic E-state index is 11.7. The average molecular weight is 350 g/mol. The highest BCUT2D eigenvalue weighted by atomic mass is 16.1. The molecule has 0 atom stereocenters. The Balaban J connectivity index is 1.96. The van der Waals surface area contributed by atoms with Gasteiger partial charge in [0.05, 0.1) is 23.1 Å². The van der Waals surface area contributed by atoms with E-state index >= 15 is 0 Å². The minimum atomic E-state index is -0.592. The van der Waals surface area contributed by atoms with Crippen LogP contribution in [0.4, 0.5) is 0 Å². The number of aryl methyl sites for hydroxylation is 4. The van der Waals surface area contributed by atoms with Crippen LogP contribution in [-0.4, -0.2) is 40.0 Å². The van der Waals surface area contributed by atoms with E-state index in [0.717, 1.165) is 28.0 Å². The third kappa shape index (κ3) is 2.36. The van der Waals surface area contributed by atoms with Gasteiger partial charge in [-0.25, -0.2) is 9.97 Å². The monoisotopic (exact) mass is 350 g/mol. The lowest BCUT2D eigenvalue weighted by molar-refractivity contribution is 0.0996. The first-order valence-electron chi connectivity index (χ1n) is 8.02. The number of imidazole rings is 1. The first kappa shape index (κ1) is 16.0. The Morgan fingerprint density at radius 2 is 1.88 bits per heavy atom. The summed E-state index contributed by atoms with van der Waals surface area (Å²) in [6.07, 6.45) is 3.62. The van der Waals surface area contributed by atoms with Crippen molar-refractivity contribution >= 4 is 16.8 Å². The van der Waals surface area contributed by atoms with Gasteiger partial charge in [-0.1, -0.05) is 0 Å². The molecule has 2 N–H and O–H groups in total. The van der Waals surface area contributed by atoms with Crippen LogP contribution in [0.3, 0.4) is 0 Å². The van der Waals surface area contributed by atoms with Crippen LogP contribution in [0.5, 0.6) is 0 Å². The van der Waals surface area contributed by atoms with Gasteiger partial charge in [0.2, 0.25) is 0 Å². The van der Waals surface area contributed by atoms with Gasteiger partial charge < -0.3 is 10.3 Å². The molecule has 0 saturated carbocycles. The molecule has 0 radical (unpaired) electrons. The number of primary amides is 1. The van der Waals surface area contributed by atoms with Crippen LogP contribution in [0.1, 0.15) is 16.2 Å². The number of hydrogen-bond donors (Lipinski definition) is 1. The lowest BCUT2D eigenvalue weighted by atomic mass is 10.2. The highest BCUT2D eigenvalue weighted by Crippen LogP contribution is 2.29. The number of nitrogens with two attached hydrogens (primary N) is 1. The van der Waals surface area contributed by atoms with Crippen molar-refractivity contribution in [2.45, 2.75) is 6.92 Å². The van der Waals surface area contributed by atoms with E-state index < -0.39 is 5.91 Å². The van der Waals surface area contributed by atoms with Crippen LogP contribution in [0, 0.1) is 6.92 Å². The largest absolute Gasteiger partial charge is 0.364 e. The van der Waals surface area contributed by atoms with Gasteiger partial charge in [-0.3, -0.25) is 14.2 Å². The summed E-state index contributed by atoms with van der Waals surface area (Å²) < 4.78 is 5.34. The maximum atomic E-state index is 11.7. The number of aromatic nitrogens is 7. The third-order valence-electron chi connectivity index (χ3n) is 4.35. The molecule has 0 bridgehead atoms. The van der Waals surface area contributed by atoms with Gasteiger partial charge in [-0.2, -0.15) is 10.2 Å². The Kier molecular flexibility index (Phi) is 3.39. The van der Waals surface area contributed by atoms with Crippen LogP contribution in [0.25, 0.3) is 33.8 Å². The molecule has 1 amide bonds. The number of fused-ring (bicyclic) bond motifs is 1. The Morgan fingerprint density at radius 1 is 1.12 bits per heavy atom. The number of hydrogen-bond acceptors (Lipinski definition) is 5. The fraction of sp³-hybridized carbons (Fsp3) is 0.235. The van der Waals surface area contributed by atoms with Crippen LogP contribution in [0.2, 0.25) is 0 Å². The summed E-state index contributed by atoms with van der Waals surface area (Å²) in [5, 5.41) is 9.44. The first-order valence-corrected chi connectivity index (χ1v) is 8.02. The summed E-state index contributed by atoms with van der Waals surface area (Å²) in [7, 11) is 5.57. The topological polar surface area (TPSA) is 109 Å². The second-order valence-corrected chi connectivity index (χ2v) is 6.28. The quantitative estimate of drug-likeness (QED) is 0.596. The predicted molar refractivity (Wildman–Crippen MR) is 96.2 cm³/mol. The Morgan fingerprint density at radius 3 is 2.54 bits per heavy atom. The number of carbonyl (C=O) groups is 1. The summed E-state index contributed by atoms with van der Waals surface area (Å²) in [4.78, 5) is 20.9. The molecule has 0 fully saturated rings. The van der Waals surface area contributed by atoms with Gasteiger partial charge in [0, 0.05) is 32.7 Å². The molecule has 0 aliphatic heterocycles. The molecule has 4 aromatic rings. The van der Waals surface area contributed by atoms with Crippen molar-refractivity contribution in [3.05, 3.63) is 35.9 Å². The van der Waals surface area contributed by atoms with Crippen LogP contribution in [-0.2, 0) is 21.1 Å². The van der Waals surface area contributed by atoms with Crippen molar-refractivity contribution in [2.75, 3.05) is 0 Å². The molecule has 9 nitrogen and oxygen atoms in total. The first-order chi connectivity index (χ1) is 12.3. The van der Waals surface area contributed by atoms with Gasteiger partial charge in [-0.05, 0) is 19.1 Å². The smallest absolute Gasteiger partial charge is 0.267 e. The molecule has 26 heavy (non-hydrogen) atoms. The number of rotatable bonds is 3. The lowest BCUT2D eigenvalue weighted by Crippen LogP contribution is -2.14. The molecule has 0 aromatic carbocycles. The SMILES string of the molecule is Cc1cc(-c2cn(C)c(-c3nc(C(N)=O)cc4c3cnn4C)n2)n(C)n1. The summed E-state index contributed by atoms with van der Waals surface area (Å²) in [5.41, 5.74) is 9.56. The molecule has 0 spiro atoms. The van der Waals surface area contributed by atoms with Crippen molar-refractivity contribution in [2.24, 2.45) is 26.9 Å². The maximum Gasteiger partial charge on any atom is 0.267 e. The zero-order valence-corrected chi connectivity index (χ0v) is 14.9. The molecule has 132 valence electrons. The van der Waals surface area contributed by atoms with E-state index in [0.29, 0.717) is 11.5 Å². The average Bonchev–Trinajstić information content (AvgIpc) is 3.24. The zero-order valence-electron chi connectivity index (χ0n) is 14.9. The Bertz CT molecular complexity index is 1160. The number of amides is 1. The zero-order chi connectivity index (χ0) is 18.6. The van der Waals surface area contributed by atoms with Gasteiger partial charge in [0.15, 0.2) is 5.82 Å². The summed E-state index contributed by atoms with van der Waals surface area (Å²) >= 11 is 0. The highest BCUT2D eigenvalue weighted by Gasteiger charge is 2.19. The van der Waals surface area contributed by atoms with Crippen molar-refractivity contribution in [3.8, 4) is 22.9 Å².